The van der Waals surface area contributed by atoms with Gasteiger partial charge in [0.25, 0.3) is 5.91 Å². The van der Waals surface area contributed by atoms with Crippen LogP contribution in [0.15, 0.2) is 18.3 Å². The number of carbonyl (C=O) groups is 1. The maximum absolute atomic E-state index is 11.9. The van der Waals surface area contributed by atoms with E-state index >= 15 is 0 Å². The molecule has 0 unspecified atom stereocenters. The number of aromatic nitrogens is 1. The normalized spacial score (nSPS) is 18.3. The molecule has 1 aromatic heterocycles. The average molecular weight is 247 g/mol. The lowest BCUT2D eigenvalue weighted by Gasteiger charge is -2.33. The molecule has 3 N–H and O–H groups in total. The number of pyridine rings is 1. The van der Waals surface area contributed by atoms with Crippen molar-refractivity contribution in [3.8, 4) is 0 Å². The summed E-state index contributed by atoms with van der Waals surface area (Å²) in [5.74, 6) is -0.0853. The van der Waals surface area contributed by atoms with Crippen LogP contribution in [0.3, 0.4) is 0 Å². The van der Waals surface area contributed by atoms with Crippen LogP contribution >= 0.6 is 0 Å². The first-order valence-electron chi connectivity index (χ1n) is 6.59. The van der Waals surface area contributed by atoms with Gasteiger partial charge in [-0.1, -0.05) is 19.3 Å². The van der Waals surface area contributed by atoms with Crippen molar-refractivity contribution in [3.63, 3.8) is 0 Å². The number of rotatable bonds is 3. The fourth-order valence-corrected chi connectivity index (χ4v) is 2.39. The van der Waals surface area contributed by atoms with Gasteiger partial charge in [-0.05, 0) is 31.9 Å². The lowest BCUT2D eigenvalue weighted by Crippen LogP contribution is -2.51. The smallest absolute Gasteiger partial charge is 0.252 e. The lowest BCUT2D eigenvalue weighted by atomic mass is 9.82. The Kier molecular flexibility index (Phi) is 3.97. The highest BCUT2D eigenvalue weighted by Gasteiger charge is 2.27. The second-order valence-corrected chi connectivity index (χ2v) is 5.29. The fraction of sp³-hybridized carbons (Fsp3) is 0.571. The molecule has 4 nitrogen and oxygen atoms in total. The van der Waals surface area contributed by atoms with E-state index in [1.165, 1.54) is 19.3 Å². The van der Waals surface area contributed by atoms with Crippen LogP contribution < -0.4 is 11.1 Å². The predicted molar refractivity (Wildman–Crippen MR) is 71.3 cm³/mol. The van der Waals surface area contributed by atoms with E-state index in [1.807, 2.05) is 13.0 Å². The van der Waals surface area contributed by atoms with E-state index in [0.717, 1.165) is 18.5 Å². The zero-order valence-electron chi connectivity index (χ0n) is 10.9. The van der Waals surface area contributed by atoms with Crippen molar-refractivity contribution in [2.45, 2.75) is 44.6 Å². The maximum atomic E-state index is 11.9. The minimum Gasteiger partial charge on any atom is -0.350 e. The number of nitrogens with one attached hydrogen (secondary N) is 1. The molecular weight excluding hydrogens is 226 g/mol. The molecule has 0 aliphatic heterocycles. The number of nitrogens with two attached hydrogens (primary N) is 1. The van der Waals surface area contributed by atoms with Gasteiger partial charge in [-0.3, -0.25) is 9.78 Å². The van der Waals surface area contributed by atoms with Crippen LogP contribution in [0.4, 0.5) is 0 Å². The molecule has 4 heteroatoms. The second-order valence-electron chi connectivity index (χ2n) is 5.29. The molecule has 1 aromatic rings. The molecule has 98 valence electrons. The number of carbonyl (C=O) groups excluding carboxylic acids is 1. The number of nitrogens with zero attached hydrogens (tertiary/aromatic N) is 1. The largest absolute Gasteiger partial charge is 0.350 e. The van der Waals surface area contributed by atoms with Crippen LogP contribution in [0.25, 0.3) is 0 Å². The summed E-state index contributed by atoms with van der Waals surface area (Å²) in [6.45, 7) is 2.46. The number of hydrogen-bond donors (Lipinski definition) is 2. The van der Waals surface area contributed by atoms with E-state index in [2.05, 4.69) is 10.3 Å². The molecular formula is C14H21N3O. The van der Waals surface area contributed by atoms with Gasteiger partial charge in [0.05, 0.1) is 5.56 Å². The third-order valence-corrected chi connectivity index (χ3v) is 3.62. The molecule has 1 aliphatic carbocycles. The molecule has 0 atom stereocenters. The minimum absolute atomic E-state index is 0.0853. The first-order valence-corrected chi connectivity index (χ1v) is 6.59. The highest BCUT2D eigenvalue weighted by molar-refractivity contribution is 5.93. The molecule has 1 saturated carbocycles. The Hall–Kier alpha value is -1.42. The van der Waals surface area contributed by atoms with Gasteiger partial charge >= 0.3 is 0 Å². The summed E-state index contributed by atoms with van der Waals surface area (Å²) in [6.07, 6.45) is 7.19. The van der Waals surface area contributed by atoms with E-state index < -0.39 is 0 Å². The van der Waals surface area contributed by atoms with Gasteiger partial charge in [-0.2, -0.15) is 0 Å². The van der Waals surface area contributed by atoms with Crippen LogP contribution in [-0.4, -0.2) is 23.0 Å². The van der Waals surface area contributed by atoms with Gasteiger partial charge in [0, 0.05) is 24.0 Å². The van der Waals surface area contributed by atoms with Crippen molar-refractivity contribution < 1.29 is 4.79 Å². The first-order chi connectivity index (χ1) is 8.59. The summed E-state index contributed by atoms with van der Waals surface area (Å²) in [7, 11) is 0. The fourth-order valence-electron chi connectivity index (χ4n) is 2.39. The zero-order chi connectivity index (χ0) is 13.0. The Bertz CT molecular complexity index is 408. The molecule has 0 saturated heterocycles. The summed E-state index contributed by atoms with van der Waals surface area (Å²) >= 11 is 0. The Morgan fingerprint density at radius 3 is 2.72 bits per heavy atom. The number of aryl methyl sites for hydroxylation is 1. The summed E-state index contributed by atoms with van der Waals surface area (Å²) in [6, 6.07) is 3.63. The Labute approximate surface area is 108 Å². The molecule has 1 fully saturated rings. The van der Waals surface area contributed by atoms with Gasteiger partial charge < -0.3 is 11.1 Å². The highest BCUT2D eigenvalue weighted by Crippen LogP contribution is 2.25. The molecule has 1 aliphatic rings. The number of hydrogen-bond acceptors (Lipinski definition) is 3. The molecule has 18 heavy (non-hydrogen) atoms. The molecule has 1 heterocycles. The summed E-state index contributed by atoms with van der Waals surface area (Å²) in [5, 5.41) is 2.92. The van der Waals surface area contributed by atoms with E-state index in [1.54, 1.807) is 12.3 Å². The van der Waals surface area contributed by atoms with Crippen LogP contribution in [0.1, 0.15) is 48.2 Å². The second kappa shape index (κ2) is 5.48. The third kappa shape index (κ3) is 3.29. The van der Waals surface area contributed by atoms with Crippen molar-refractivity contribution in [1.82, 2.24) is 10.3 Å². The predicted octanol–water partition coefficient (Wildman–Crippen LogP) is 1.78. The van der Waals surface area contributed by atoms with Gasteiger partial charge in [-0.25, -0.2) is 0 Å². The standard InChI is InChI=1S/C14H21N3O/c1-11-5-6-12(9-16-11)13(18)17-10-14(15)7-3-2-4-8-14/h5-6,9H,2-4,7-8,10,15H2,1H3,(H,17,18). The Morgan fingerprint density at radius 1 is 1.39 bits per heavy atom. The SMILES string of the molecule is Cc1ccc(C(=O)NCC2(N)CCCCC2)cn1. The van der Waals surface area contributed by atoms with Crippen molar-refractivity contribution in [3.05, 3.63) is 29.6 Å². The quantitative estimate of drug-likeness (QED) is 0.855. The van der Waals surface area contributed by atoms with Crippen LogP contribution in [-0.2, 0) is 0 Å². The summed E-state index contributed by atoms with van der Waals surface area (Å²) < 4.78 is 0. The van der Waals surface area contributed by atoms with Crippen molar-refractivity contribution in [2.75, 3.05) is 6.54 Å². The van der Waals surface area contributed by atoms with Gasteiger partial charge in [0.15, 0.2) is 0 Å². The van der Waals surface area contributed by atoms with Crippen LogP contribution in [0.2, 0.25) is 0 Å². The van der Waals surface area contributed by atoms with E-state index in [4.69, 9.17) is 5.73 Å². The van der Waals surface area contributed by atoms with E-state index in [-0.39, 0.29) is 11.4 Å². The monoisotopic (exact) mass is 247 g/mol. The molecule has 2 rings (SSSR count). The first kappa shape index (κ1) is 13.0. The maximum Gasteiger partial charge on any atom is 0.252 e. The zero-order valence-corrected chi connectivity index (χ0v) is 10.9. The third-order valence-electron chi connectivity index (χ3n) is 3.62. The summed E-state index contributed by atoms with van der Waals surface area (Å²) in [5.41, 5.74) is 7.57. The number of amides is 1. The highest BCUT2D eigenvalue weighted by atomic mass is 16.1. The van der Waals surface area contributed by atoms with Crippen molar-refractivity contribution in [1.29, 1.82) is 0 Å². The molecule has 0 spiro atoms. The van der Waals surface area contributed by atoms with Crippen LogP contribution in [0, 0.1) is 6.92 Å². The average Bonchev–Trinajstić information content (AvgIpc) is 2.38. The summed E-state index contributed by atoms with van der Waals surface area (Å²) in [4.78, 5) is 16.1. The van der Waals surface area contributed by atoms with E-state index in [0.29, 0.717) is 12.1 Å². The van der Waals surface area contributed by atoms with Crippen LogP contribution in [0.5, 0.6) is 0 Å². The molecule has 0 aromatic carbocycles. The molecule has 0 radical (unpaired) electrons. The van der Waals surface area contributed by atoms with Gasteiger partial charge in [-0.15, -0.1) is 0 Å². The van der Waals surface area contributed by atoms with Crippen molar-refractivity contribution >= 4 is 5.91 Å². The van der Waals surface area contributed by atoms with Gasteiger partial charge in [0.1, 0.15) is 0 Å². The van der Waals surface area contributed by atoms with E-state index in [9.17, 15) is 4.79 Å². The topological polar surface area (TPSA) is 68.0 Å². The minimum atomic E-state index is -0.216. The van der Waals surface area contributed by atoms with Crippen molar-refractivity contribution in [2.24, 2.45) is 5.73 Å². The Morgan fingerprint density at radius 2 is 2.11 bits per heavy atom. The molecule has 0 bridgehead atoms. The van der Waals surface area contributed by atoms with Gasteiger partial charge in [0.2, 0.25) is 0 Å². The Balaban J connectivity index is 1.89. The molecule has 1 amide bonds. The lowest BCUT2D eigenvalue weighted by molar-refractivity contribution is 0.0937.